The second kappa shape index (κ2) is 9.31. The van der Waals surface area contributed by atoms with Crippen molar-refractivity contribution in [3.8, 4) is 0 Å². The fourth-order valence-electron chi connectivity index (χ4n) is 1.16. The predicted molar refractivity (Wildman–Crippen MR) is 79.5 cm³/mol. The van der Waals surface area contributed by atoms with Gasteiger partial charge >= 0.3 is 0 Å². The van der Waals surface area contributed by atoms with E-state index in [1.165, 1.54) is 0 Å². The van der Waals surface area contributed by atoms with Crippen molar-refractivity contribution in [3.05, 3.63) is 22.7 Å². The maximum atomic E-state index is 5.81. The zero-order valence-corrected chi connectivity index (χ0v) is 12.7. The average Bonchev–Trinajstić information content (AvgIpc) is 2.31. The topological polar surface area (TPSA) is 47.3 Å². The maximum Gasteiger partial charge on any atom is 0.0642 e. The lowest BCUT2D eigenvalue weighted by Gasteiger charge is -2.11. The first-order valence-electron chi connectivity index (χ1n) is 6.00. The summed E-state index contributed by atoms with van der Waals surface area (Å²) in [6.45, 7) is 9.49. The molecule has 0 spiro atoms. The number of nitrogens with two attached hydrogens (primary N) is 1. The highest BCUT2D eigenvalue weighted by Crippen LogP contribution is 2.22. The van der Waals surface area contributed by atoms with E-state index in [2.05, 4.69) is 21.2 Å². The molecule has 4 heteroatoms. The molecular weight excluding hydrogens is 280 g/mol. The van der Waals surface area contributed by atoms with Crippen molar-refractivity contribution in [2.75, 3.05) is 24.2 Å². The molecule has 0 amide bonds. The van der Waals surface area contributed by atoms with Crippen LogP contribution in [0.1, 0.15) is 27.7 Å². The highest BCUT2D eigenvalue weighted by Gasteiger charge is 1.99. The second-order valence-corrected chi connectivity index (χ2v) is 4.49. The first kappa shape index (κ1) is 16.3. The van der Waals surface area contributed by atoms with Crippen LogP contribution in [0.15, 0.2) is 22.7 Å². The Kier molecular flexibility index (Phi) is 8.90. The van der Waals surface area contributed by atoms with Crippen LogP contribution in [0.5, 0.6) is 0 Å². The van der Waals surface area contributed by atoms with Crippen molar-refractivity contribution in [2.45, 2.75) is 33.8 Å². The van der Waals surface area contributed by atoms with Crippen LogP contribution in [0, 0.1) is 0 Å². The minimum Gasteiger partial charge on any atom is -0.397 e. The van der Waals surface area contributed by atoms with E-state index >= 15 is 0 Å². The van der Waals surface area contributed by atoms with Crippen LogP contribution < -0.4 is 11.1 Å². The Hall–Kier alpha value is -0.740. The molecule has 0 aliphatic carbocycles. The quantitative estimate of drug-likeness (QED) is 0.641. The fourth-order valence-corrected chi connectivity index (χ4v) is 1.52. The van der Waals surface area contributed by atoms with Crippen LogP contribution in [0.2, 0.25) is 0 Å². The molecule has 0 heterocycles. The summed E-state index contributed by atoms with van der Waals surface area (Å²) in [5.41, 5.74) is 7.50. The van der Waals surface area contributed by atoms with Crippen LogP contribution in [0.3, 0.4) is 0 Å². The maximum absolute atomic E-state index is 5.81. The third-order valence-electron chi connectivity index (χ3n) is 1.88. The summed E-state index contributed by atoms with van der Waals surface area (Å²) in [6, 6.07) is 5.76. The lowest BCUT2D eigenvalue weighted by atomic mass is 10.3. The van der Waals surface area contributed by atoms with Gasteiger partial charge in [-0.25, -0.2) is 0 Å². The summed E-state index contributed by atoms with van der Waals surface area (Å²) in [4.78, 5) is 0. The van der Waals surface area contributed by atoms with Crippen molar-refractivity contribution in [1.29, 1.82) is 0 Å². The van der Waals surface area contributed by atoms with Crippen LogP contribution in [0.25, 0.3) is 0 Å². The van der Waals surface area contributed by atoms with Gasteiger partial charge in [0.2, 0.25) is 0 Å². The zero-order valence-electron chi connectivity index (χ0n) is 11.1. The number of anilines is 2. The highest BCUT2D eigenvalue weighted by atomic mass is 79.9. The molecule has 0 aromatic heterocycles. The first-order valence-corrected chi connectivity index (χ1v) is 6.79. The van der Waals surface area contributed by atoms with E-state index < -0.39 is 0 Å². The monoisotopic (exact) mass is 302 g/mol. The Morgan fingerprint density at radius 2 is 2.00 bits per heavy atom. The van der Waals surface area contributed by atoms with E-state index in [1.807, 2.05) is 45.9 Å². The van der Waals surface area contributed by atoms with Gasteiger partial charge in [0, 0.05) is 11.0 Å². The molecule has 3 N–H and O–H groups in total. The van der Waals surface area contributed by atoms with E-state index in [1.54, 1.807) is 0 Å². The lowest BCUT2D eigenvalue weighted by Crippen LogP contribution is -2.13. The molecule has 0 atom stereocenters. The van der Waals surface area contributed by atoms with Gasteiger partial charge in [-0.05, 0) is 32.0 Å². The van der Waals surface area contributed by atoms with Crippen LogP contribution in [-0.2, 0) is 4.74 Å². The Bertz CT molecular complexity index is 316. The van der Waals surface area contributed by atoms with E-state index in [0.29, 0.717) is 6.61 Å². The van der Waals surface area contributed by atoms with Gasteiger partial charge < -0.3 is 15.8 Å². The number of rotatable bonds is 5. The molecule has 0 radical (unpaired) electrons. The number of benzene rings is 1. The molecule has 98 valence electrons. The van der Waals surface area contributed by atoms with Gasteiger partial charge in [-0.1, -0.05) is 29.8 Å². The number of nitrogen functional groups attached to an aromatic ring is 1. The molecule has 0 fully saturated rings. The largest absolute Gasteiger partial charge is 0.397 e. The SMILES string of the molecule is CC.CC(C)OCCNc1cc(Br)ccc1N. The Labute approximate surface area is 113 Å². The Morgan fingerprint density at radius 1 is 1.35 bits per heavy atom. The second-order valence-electron chi connectivity index (χ2n) is 3.58. The zero-order chi connectivity index (χ0) is 13.3. The van der Waals surface area contributed by atoms with Gasteiger partial charge in [-0.15, -0.1) is 0 Å². The number of halogens is 1. The van der Waals surface area contributed by atoms with Crippen molar-refractivity contribution in [2.24, 2.45) is 0 Å². The van der Waals surface area contributed by atoms with E-state index in [0.717, 1.165) is 22.4 Å². The smallest absolute Gasteiger partial charge is 0.0642 e. The van der Waals surface area contributed by atoms with E-state index in [-0.39, 0.29) is 6.10 Å². The molecule has 0 aliphatic heterocycles. The fraction of sp³-hybridized carbons (Fsp3) is 0.538. The lowest BCUT2D eigenvalue weighted by molar-refractivity contribution is 0.0871. The van der Waals surface area contributed by atoms with Gasteiger partial charge in [0.15, 0.2) is 0 Å². The molecule has 1 aromatic rings. The summed E-state index contributed by atoms with van der Waals surface area (Å²) >= 11 is 3.40. The molecule has 0 aliphatic rings. The molecule has 0 bridgehead atoms. The molecule has 0 saturated carbocycles. The van der Waals surface area contributed by atoms with Gasteiger partial charge in [0.25, 0.3) is 0 Å². The van der Waals surface area contributed by atoms with Gasteiger partial charge in [0.1, 0.15) is 0 Å². The van der Waals surface area contributed by atoms with Crippen LogP contribution in [-0.4, -0.2) is 19.3 Å². The van der Waals surface area contributed by atoms with Gasteiger partial charge in [-0.2, -0.15) is 0 Å². The predicted octanol–water partition coefficient (Wildman–Crippen LogP) is 3.89. The summed E-state index contributed by atoms with van der Waals surface area (Å²) < 4.78 is 6.44. The van der Waals surface area contributed by atoms with E-state index in [9.17, 15) is 0 Å². The molecule has 1 aromatic carbocycles. The summed E-state index contributed by atoms with van der Waals surface area (Å²) in [5.74, 6) is 0. The first-order chi connectivity index (χ1) is 8.09. The number of hydrogen-bond acceptors (Lipinski definition) is 3. The average molecular weight is 303 g/mol. The standard InChI is InChI=1S/C11H17BrN2O.C2H6/c1-8(2)15-6-5-14-11-7-9(12)3-4-10(11)13;1-2/h3-4,7-8,14H,5-6,13H2,1-2H3;1-2H3. The van der Waals surface area contributed by atoms with Crippen molar-refractivity contribution in [3.63, 3.8) is 0 Å². The van der Waals surface area contributed by atoms with Crippen molar-refractivity contribution < 1.29 is 4.74 Å². The van der Waals surface area contributed by atoms with E-state index in [4.69, 9.17) is 10.5 Å². The Balaban J connectivity index is 0.00000121. The molecule has 3 nitrogen and oxygen atoms in total. The minimum atomic E-state index is 0.270. The van der Waals surface area contributed by atoms with Crippen molar-refractivity contribution in [1.82, 2.24) is 0 Å². The number of nitrogens with one attached hydrogen (secondary N) is 1. The molecule has 0 unspecified atom stereocenters. The minimum absolute atomic E-state index is 0.270. The number of hydrogen-bond donors (Lipinski definition) is 2. The molecule has 1 rings (SSSR count). The van der Waals surface area contributed by atoms with Crippen LogP contribution >= 0.6 is 15.9 Å². The number of ether oxygens (including phenoxy) is 1. The highest BCUT2D eigenvalue weighted by molar-refractivity contribution is 9.10. The Morgan fingerprint density at radius 3 is 2.59 bits per heavy atom. The van der Waals surface area contributed by atoms with Gasteiger partial charge in [-0.3, -0.25) is 0 Å². The normalized spacial score (nSPS) is 9.76. The summed E-state index contributed by atoms with van der Waals surface area (Å²) in [6.07, 6.45) is 0.270. The molecular formula is C13H23BrN2O. The van der Waals surface area contributed by atoms with Gasteiger partial charge in [0.05, 0.1) is 24.1 Å². The van der Waals surface area contributed by atoms with Crippen molar-refractivity contribution >= 4 is 27.3 Å². The summed E-state index contributed by atoms with van der Waals surface area (Å²) in [5, 5.41) is 3.23. The summed E-state index contributed by atoms with van der Waals surface area (Å²) in [7, 11) is 0. The molecule has 17 heavy (non-hydrogen) atoms. The van der Waals surface area contributed by atoms with Crippen LogP contribution in [0.4, 0.5) is 11.4 Å². The molecule has 0 saturated heterocycles. The third kappa shape index (κ3) is 7.23. The third-order valence-corrected chi connectivity index (χ3v) is 2.38.